The summed E-state index contributed by atoms with van der Waals surface area (Å²) in [6.45, 7) is 0. The first kappa shape index (κ1) is 12.7. The number of para-hydroxylation sites is 2. The number of methoxy groups -OCH3 is 1. The van der Waals surface area contributed by atoms with Gasteiger partial charge in [0.05, 0.1) is 7.11 Å². The van der Waals surface area contributed by atoms with Gasteiger partial charge in [-0.1, -0.05) is 12.1 Å². The minimum absolute atomic E-state index is 0.236. The molecule has 0 saturated carbocycles. The van der Waals surface area contributed by atoms with E-state index in [1.54, 1.807) is 25.3 Å². The van der Waals surface area contributed by atoms with E-state index in [2.05, 4.69) is 0 Å². The zero-order chi connectivity index (χ0) is 13.0. The molecule has 0 spiro atoms. The van der Waals surface area contributed by atoms with Gasteiger partial charge in [0.2, 0.25) is 0 Å². The van der Waals surface area contributed by atoms with Gasteiger partial charge >= 0.3 is 0 Å². The molecule has 0 aliphatic rings. The maximum atomic E-state index is 13.3. The van der Waals surface area contributed by atoms with Crippen molar-refractivity contribution in [2.75, 3.05) is 7.11 Å². The molecule has 0 saturated heterocycles. The van der Waals surface area contributed by atoms with E-state index in [1.807, 2.05) is 12.1 Å². The predicted molar refractivity (Wildman–Crippen MR) is 69.0 cm³/mol. The Kier molecular flexibility index (Phi) is 4.05. The Morgan fingerprint density at radius 2 is 1.83 bits per heavy atom. The summed E-state index contributed by atoms with van der Waals surface area (Å²) < 4.78 is 24.1. The largest absolute Gasteiger partial charge is 0.493 e. The quantitative estimate of drug-likeness (QED) is 0.765. The average Bonchev–Trinajstić information content (AvgIpc) is 2.38. The number of hydrogen-bond donors (Lipinski definition) is 0. The smallest absolute Gasteiger partial charge is 0.169 e. The summed E-state index contributed by atoms with van der Waals surface area (Å²) in [5.74, 6) is 1.38. The molecule has 0 aliphatic heterocycles. The van der Waals surface area contributed by atoms with E-state index in [0.29, 0.717) is 22.8 Å². The van der Waals surface area contributed by atoms with Crippen molar-refractivity contribution < 1.29 is 13.9 Å². The van der Waals surface area contributed by atoms with Crippen LogP contribution in [0, 0.1) is 5.82 Å². The fourth-order valence-electron chi connectivity index (χ4n) is 1.59. The highest BCUT2D eigenvalue weighted by Gasteiger charge is 2.06. The summed E-state index contributed by atoms with van der Waals surface area (Å²) in [7, 11) is 1.55. The Balaban J connectivity index is 2.30. The Morgan fingerprint density at radius 3 is 2.50 bits per heavy atom. The Bertz CT molecular complexity index is 543. The lowest BCUT2D eigenvalue weighted by Crippen LogP contribution is -1.91. The van der Waals surface area contributed by atoms with Gasteiger partial charge in [-0.25, -0.2) is 4.39 Å². The summed E-state index contributed by atoms with van der Waals surface area (Å²) in [6.07, 6.45) is 0. The van der Waals surface area contributed by atoms with Gasteiger partial charge in [0.1, 0.15) is 11.6 Å². The maximum absolute atomic E-state index is 13.3. The van der Waals surface area contributed by atoms with Crippen molar-refractivity contribution in [3.8, 4) is 17.2 Å². The van der Waals surface area contributed by atoms with Crippen LogP contribution in [0.1, 0.15) is 5.56 Å². The molecule has 0 fully saturated rings. The SMILES string of the molecule is COc1ccccc1Oc1cc(F)cc(CCl)c1. The van der Waals surface area contributed by atoms with Gasteiger partial charge < -0.3 is 9.47 Å². The molecule has 0 aliphatic carbocycles. The fraction of sp³-hybridized carbons (Fsp3) is 0.143. The number of benzene rings is 2. The maximum Gasteiger partial charge on any atom is 0.169 e. The van der Waals surface area contributed by atoms with Crippen molar-refractivity contribution in [3.05, 3.63) is 53.8 Å². The standard InChI is InChI=1S/C14H12ClFO2/c1-17-13-4-2-3-5-14(13)18-12-7-10(9-15)6-11(16)8-12/h2-8H,9H2,1H3. The molecule has 0 amide bonds. The van der Waals surface area contributed by atoms with Crippen LogP contribution in [0.5, 0.6) is 17.2 Å². The van der Waals surface area contributed by atoms with E-state index in [4.69, 9.17) is 21.1 Å². The van der Waals surface area contributed by atoms with Gasteiger partial charge in [-0.05, 0) is 29.8 Å². The molecule has 2 rings (SSSR count). The highest BCUT2D eigenvalue weighted by Crippen LogP contribution is 2.31. The lowest BCUT2D eigenvalue weighted by Gasteiger charge is -2.10. The number of hydrogen-bond acceptors (Lipinski definition) is 2. The molecule has 0 aromatic heterocycles. The first-order chi connectivity index (χ1) is 8.72. The van der Waals surface area contributed by atoms with E-state index < -0.39 is 0 Å². The molecule has 94 valence electrons. The molecule has 0 unspecified atom stereocenters. The molecule has 0 radical (unpaired) electrons. The molecule has 2 aromatic carbocycles. The highest BCUT2D eigenvalue weighted by molar-refractivity contribution is 6.17. The van der Waals surface area contributed by atoms with Gasteiger partial charge in [-0.3, -0.25) is 0 Å². The number of ether oxygens (including phenoxy) is 2. The van der Waals surface area contributed by atoms with Crippen molar-refractivity contribution in [1.29, 1.82) is 0 Å². The number of alkyl halides is 1. The lowest BCUT2D eigenvalue weighted by molar-refractivity contribution is 0.378. The van der Waals surface area contributed by atoms with Crippen molar-refractivity contribution >= 4 is 11.6 Å². The van der Waals surface area contributed by atoms with Gasteiger partial charge in [0, 0.05) is 11.9 Å². The molecule has 2 nitrogen and oxygen atoms in total. The molecule has 4 heteroatoms. The molecular weight excluding hydrogens is 255 g/mol. The van der Waals surface area contributed by atoms with Crippen molar-refractivity contribution in [1.82, 2.24) is 0 Å². The number of rotatable bonds is 4. The number of halogens is 2. The van der Waals surface area contributed by atoms with Crippen LogP contribution in [0.2, 0.25) is 0 Å². The summed E-state index contributed by atoms with van der Waals surface area (Å²) >= 11 is 5.69. The van der Waals surface area contributed by atoms with Crippen molar-refractivity contribution in [3.63, 3.8) is 0 Å². The minimum Gasteiger partial charge on any atom is -0.493 e. The van der Waals surface area contributed by atoms with E-state index in [-0.39, 0.29) is 11.7 Å². The van der Waals surface area contributed by atoms with Crippen LogP contribution in [0.15, 0.2) is 42.5 Å². The molecule has 2 aromatic rings. The second kappa shape index (κ2) is 5.74. The zero-order valence-electron chi connectivity index (χ0n) is 9.82. The van der Waals surface area contributed by atoms with Crippen LogP contribution in [0.3, 0.4) is 0 Å². The van der Waals surface area contributed by atoms with Crippen LogP contribution in [0.25, 0.3) is 0 Å². The van der Waals surface area contributed by atoms with Crippen molar-refractivity contribution in [2.24, 2.45) is 0 Å². The zero-order valence-corrected chi connectivity index (χ0v) is 10.6. The van der Waals surface area contributed by atoms with E-state index in [1.165, 1.54) is 12.1 Å². The Hall–Kier alpha value is -1.74. The normalized spacial score (nSPS) is 10.2. The second-order valence-electron chi connectivity index (χ2n) is 3.68. The van der Waals surface area contributed by atoms with Gasteiger partial charge in [-0.15, -0.1) is 11.6 Å². The van der Waals surface area contributed by atoms with Gasteiger partial charge in [0.25, 0.3) is 0 Å². The molecular formula is C14H12ClFO2. The van der Waals surface area contributed by atoms with Crippen LogP contribution < -0.4 is 9.47 Å². The third kappa shape index (κ3) is 2.93. The topological polar surface area (TPSA) is 18.5 Å². The third-order valence-corrected chi connectivity index (χ3v) is 2.69. The van der Waals surface area contributed by atoms with Crippen LogP contribution in [-0.4, -0.2) is 7.11 Å². The monoisotopic (exact) mass is 266 g/mol. The summed E-state index contributed by atoms with van der Waals surface area (Å²) in [5.41, 5.74) is 0.668. The Morgan fingerprint density at radius 1 is 1.11 bits per heavy atom. The van der Waals surface area contributed by atoms with Gasteiger partial charge in [0.15, 0.2) is 11.5 Å². The third-order valence-electron chi connectivity index (χ3n) is 2.38. The predicted octanol–water partition coefficient (Wildman–Crippen LogP) is 4.37. The van der Waals surface area contributed by atoms with E-state index >= 15 is 0 Å². The summed E-state index contributed by atoms with van der Waals surface area (Å²) in [4.78, 5) is 0. The van der Waals surface area contributed by atoms with Gasteiger partial charge in [-0.2, -0.15) is 0 Å². The van der Waals surface area contributed by atoms with Crippen LogP contribution in [0.4, 0.5) is 4.39 Å². The van der Waals surface area contributed by atoms with Crippen molar-refractivity contribution in [2.45, 2.75) is 5.88 Å². The molecule has 0 heterocycles. The van der Waals surface area contributed by atoms with E-state index in [9.17, 15) is 4.39 Å². The first-order valence-electron chi connectivity index (χ1n) is 5.39. The lowest BCUT2D eigenvalue weighted by atomic mass is 10.2. The van der Waals surface area contributed by atoms with Crippen LogP contribution in [-0.2, 0) is 5.88 Å². The highest BCUT2D eigenvalue weighted by atomic mass is 35.5. The molecule has 0 bridgehead atoms. The van der Waals surface area contributed by atoms with Crippen LogP contribution >= 0.6 is 11.6 Å². The fourth-order valence-corrected chi connectivity index (χ4v) is 1.74. The Labute approximate surface area is 110 Å². The first-order valence-corrected chi connectivity index (χ1v) is 5.92. The van der Waals surface area contributed by atoms with E-state index in [0.717, 1.165) is 0 Å². The summed E-state index contributed by atoms with van der Waals surface area (Å²) in [6, 6.07) is 11.6. The average molecular weight is 267 g/mol. The summed E-state index contributed by atoms with van der Waals surface area (Å²) in [5, 5.41) is 0. The molecule has 0 atom stereocenters. The molecule has 18 heavy (non-hydrogen) atoms. The second-order valence-corrected chi connectivity index (χ2v) is 3.95. The minimum atomic E-state index is -0.377. The molecule has 0 N–H and O–H groups in total.